The minimum absolute atomic E-state index is 0.124. The van der Waals surface area contributed by atoms with Crippen molar-refractivity contribution in [3.8, 4) is 0 Å². The molecule has 0 aliphatic carbocycles. The summed E-state index contributed by atoms with van der Waals surface area (Å²) in [5.41, 5.74) is 7.63. The quantitative estimate of drug-likeness (QED) is 0.206. The molecule has 0 aliphatic rings. The second kappa shape index (κ2) is 15.2. The number of hydrogen-bond donors (Lipinski definition) is 1. The molecular weight excluding hydrogens is 362 g/mol. The van der Waals surface area contributed by atoms with E-state index in [-0.39, 0.29) is 5.97 Å². The van der Waals surface area contributed by atoms with Gasteiger partial charge in [-0.1, -0.05) is 54.4 Å². The van der Waals surface area contributed by atoms with Crippen molar-refractivity contribution in [3.05, 3.63) is 65.7 Å². The Bertz CT molecular complexity index is 620. The number of aryl methyl sites for hydroxylation is 1. The van der Waals surface area contributed by atoms with Crippen LogP contribution in [0.15, 0.2) is 59.5 Å². The van der Waals surface area contributed by atoms with Crippen molar-refractivity contribution in [2.75, 3.05) is 13.7 Å². The van der Waals surface area contributed by atoms with Gasteiger partial charge in [-0.25, -0.2) is 4.89 Å². The molecule has 0 aliphatic heterocycles. The lowest BCUT2D eigenvalue weighted by Gasteiger charge is -2.04. The zero-order valence-corrected chi connectivity index (χ0v) is 16.9. The molecule has 0 fully saturated rings. The van der Waals surface area contributed by atoms with Crippen LogP contribution in [0, 0.1) is 6.92 Å². The van der Waals surface area contributed by atoms with Gasteiger partial charge < -0.3 is 10.5 Å². The third-order valence-corrected chi connectivity index (χ3v) is 4.22. The second-order valence-corrected chi connectivity index (χ2v) is 6.65. The molecule has 0 unspecified atom stereocenters. The summed E-state index contributed by atoms with van der Waals surface area (Å²) in [4.78, 5) is 16.8. The summed E-state index contributed by atoms with van der Waals surface area (Å²) in [5, 5.41) is 0. The van der Waals surface area contributed by atoms with Crippen LogP contribution < -0.4 is 5.73 Å². The fourth-order valence-corrected chi connectivity index (χ4v) is 2.46. The molecule has 2 aromatic rings. The van der Waals surface area contributed by atoms with Crippen molar-refractivity contribution in [1.29, 1.82) is 0 Å². The maximum atomic E-state index is 11.3. The van der Waals surface area contributed by atoms with E-state index in [4.69, 9.17) is 10.5 Å². The SMILES string of the molecule is COOSc1ccc(C)cc1.NCCCCCC(=O)OCc1ccccc1. The average Bonchev–Trinajstić information content (AvgIpc) is 2.70. The van der Waals surface area contributed by atoms with Crippen molar-refractivity contribution in [3.63, 3.8) is 0 Å². The molecule has 0 saturated carbocycles. The van der Waals surface area contributed by atoms with Crippen LogP contribution in [0.5, 0.6) is 0 Å². The van der Waals surface area contributed by atoms with E-state index >= 15 is 0 Å². The van der Waals surface area contributed by atoms with Gasteiger partial charge in [0.15, 0.2) is 0 Å². The van der Waals surface area contributed by atoms with Gasteiger partial charge in [0, 0.05) is 11.3 Å². The molecule has 2 N–H and O–H groups in total. The Balaban J connectivity index is 0.000000289. The van der Waals surface area contributed by atoms with Gasteiger partial charge in [-0.2, -0.15) is 4.33 Å². The lowest BCUT2D eigenvalue weighted by molar-refractivity contribution is -0.160. The van der Waals surface area contributed by atoms with E-state index in [2.05, 4.69) is 9.22 Å². The number of nitrogens with two attached hydrogens (primary N) is 1. The maximum Gasteiger partial charge on any atom is 0.306 e. The van der Waals surface area contributed by atoms with Crippen molar-refractivity contribution >= 4 is 18.0 Å². The number of unbranched alkanes of at least 4 members (excludes halogenated alkanes) is 2. The molecule has 2 aromatic carbocycles. The maximum absolute atomic E-state index is 11.3. The summed E-state index contributed by atoms with van der Waals surface area (Å²) in [5.74, 6) is -0.124. The molecule has 0 heterocycles. The van der Waals surface area contributed by atoms with E-state index < -0.39 is 0 Å². The number of rotatable bonds is 10. The number of carbonyl (C=O) groups is 1. The van der Waals surface area contributed by atoms with Gasteiger partial charge in [0.2, 0.25) is 0 Å². The third kappa shape index (κ3) is 12.2. The van der Waals surface area contributed by atoms with Gasteiger partial charge in [0.1, 0.15) is 6.61 Å². The highest BCUT2D eigenvalue weighted by Gasteiger charge is 2.02. The molecule has 2 rings (SSSR count). The molecule has 27 heavy (non-hydrogen) atoms. The second-order valence-electron chi connectivity index (χ2n) is 5.88. The minimum Gasteiger partial charge on any atom is -0.461 e. The normalized spacial score (nSPS) is 10.0. The van der Waals surface area contributed by atoms with Crippen molar-refractivity contribution < 1.29 is 18.8 Å². The zero-order chi connectivity index (χ0) is 19.7. The van der Waals surface area contributed by atoms with Crippen LogP contribution in [-0.2, 0) is 25.4 Å². The Kier molecular flexibility index (Phi) is 13.1. The van der Waals surface area contributed by atoms with E-state index in [1.165, 1.54) is 24.7 Å². The summed E-state index contributed by atoms with van der Waals surface area (Å²) in [6.07, 6.45) is 3.33. The Morgan fingerprint density at radius 3 is 2.33 bits per heavy atom. The smallest absolute Gasteiger partial charge is 0.306 e. The summed E-state index contributed by atoms with van der Waals surface area (Å²) >= 11 is 1.21. The van der Waals surface area contributed by atoms with Crippen molar-refractivity contribution in [1.82, 2.24) is 0 Å². The first kappa shape index (κ1) is 23.2. The van der Waals surface area contributed by atoms with Crippen LogP contribution in [-0.4, -0.2) is 19.6 Å². The first-order valence-electron chi connectivity index (χ1n) is 8.99. The number of esters is 1. The van der Waals surface area contributed by atoms with Crippen LogP contribution in [0.2, 0.25) is 0 Å². The number of hydrogen-bond acceptors (Lipinski definition) is 6. The highest BCUT2D eigenvalue weighted by molar-refractivity contribution is 7.94. The summed E-state index contributed by atoms with van der Waals surface area (Å²) < 4.78 is 9.81. The average molecular weight is 392 g/mol. The molecule has 0 aromatic heterocycles. The summed E-state index contributed by atoms with van der Waals surface area (Å²) in [7, 11) is 1.49. The third-order valence-electron chi connectivity index (χ3n) is 3.55. The first-order valence-corrected chi connectivity index (χ1v) is 9.73. The Morgan fingerprint density at radius 2 is 1.70 bits per heavy atom. The van der Waals surface area contributed by atoms with Gasteiger partial charge >= 0.3 is 5.97 Å². The number of carbonyl (C=O) groups excluding carboxylic acids is 1. The standard InChI is InChI=1S/C13H19NO2.C8H10O2S/c14-10-6-2-5-9-13(15)16-11-12-7-3-1-4-8-12;1-7-3-5-8(6-4-7)11-10-9-2/h1,3-4,7-8H,2,5-6,9-11,14H2;3-6H,1-2H3. The zero-order valence-electron chi connectivity index (χ0n) is 16.1. The van der Waals surface area contributed by atoms with Crippen molar-refractivity contribution in [2.24, 2.45) is 5.73 Å². The molecule has 0 atom stereocenters. The Morgan fingerprint density at radius 1 is 1.00 bits per heavy atom. The topological polar surface area (TPSA) is 70.8 Å². The Hall–Kier alpha value is -1.86. The molecule has 0 amide bonds. The molecular formula is C21H29NO4S. The monoisotopic (exact) mass is 391 g/mol. The molecule has 0 saturated heterocycles. The number of benzene rings is 2. The number of ether oxygens (including phenoxy) is 1. The summed E-state index contributed by atoms with van der Waals surface area (Å²) in [6, 6.07) is 17.7. The van der Waals surface area contributed by atoms with E-state index in [0.29, 0.717) is 19.6 Å². The van der Waals surface area contributed by atoms with Crippen molar-refractivity contribution in [2.45, 2.75) is 44.1 Å². The highest BCUT2D eigenvalue weighted by atomic mass is 32.2. The van der Waals surface area contributed by atoms with E-state index in [1.807, 2.05) is 61.5 Å². The fraction of sp³-hybridized carbons (Fsp3) is 0.381. The molecule has 0 bridgehead atoms. The van der Waals surface area contributed by atoms with Gasteiger partial charge in [0.25, 0.3) is 0 Å². The predicted molar refractivity (Wildman–Crippen MR) is 109 cm³/mol. The van der Waals surface area contributed by atoms with E-state index in [1.54, 1.807) is 0 Å². The lowest BCUT2D eigenvalue weighted by atomic mass is 10.2. The van der Waals surface area contributed by atoms with Crippen LogP contribution >= 0.6 is 12.0 Å². The first-order chi connectivity index (χ1) is 13.2. The molecule has 148 valence electrons. The molecule has 0 spiro atoms. The molecule has 5 nitrogen and oxygen atoms in total. The lowest BCUT2D eigenvalue weighted by Crippen LogP contribution is -2.05. The van der Waals surface area contributed by atoms with Crippen LogP contribution in [0.4, 0.5) is 0 Å². The van der Waals surface area contributed by atoms with Crippen LogP contribution in [0.3, 0.4) is 0 Å². The fourth-order valence-electron chi connectivity index (χ4n) is 2.07. The molecule has 6 heteroatoms. The van der Waals surface area contributed by atoms with Gasteiger partial charge in [-0.15, -0.1) is 0 Å². The van der Waals surface area contributed by atoms with E-state index in [9.17, 15) is 4.79 Å². The largest absolute Gasteiger partial charge is 0.461 e. The minimum atomic E-state index is -0.124. The van der Waals surface area contributed by atoms with Gasteiger partial charge in [0.05, 0.1) is 19.2 Å². The summed E-state index contributed by atoms with van der Waals surface area (Å²) in [6.45, 7) is 3.11. The van der Waals surface area contributed by atoms with Crippen LogP contribution in [0.1, 0.15) is 36.8 Å². The van der Waals surface area contributed by atoms with Gasteiger partial charge in [-0.3, -0.25) is 4.79 Å². The predicted octanol–water partition coefficient (Wildman–Crippen LogP) is 4.83. The molecule has 0 radical (unpaired) electrons. The van der Waals surface area contributed by atoms with E-state index in [0.717, 1.165) is 29.7 Å². The van der Waals surface area contributed by atoms with Gasteiger partial charge in [-0.05, 0) is 44.0 Å². The highest BCUT2D eigenvalue weighted by Crippen LogP contribution is 2.18. The Labute approximate surface area is 166 Å². The van der Waals surface area contributed by atoms with Crippen LogP contribution in [0.25, 0.3) is 0 Å².